The quantitative estimate of drug-likeness (QED) is 0.831. The van der Waals surface area contributed by atoms with Gasteiger partial charge in [-0.15, -0.1) is 0 Å². The van der Waals surface area contributed by atoms with Gasteiger partial charge in [0.1, 0.15) is 0 Å². The SMILES string of the molecule is Cc1ccc(C(C)(C)C2CCC(C)CC2O)cc1Cl. The van der Waals surface area contributed by atoms with Gasteiger partial charge in [-0.25, -0.2) is 0 Å². The van der Waals surface area contributed by atoms with Crippen molar-refractivity contribution in [1.82, 2.24) is 0 Å². The molecule has 0 amide bonds. The lowest BCUT2D eigenvalue weighted by molar-refractivity contribution is 0.0143. The summed E-state index contributed by atoms with van der Waals surface area (Å²) >= 11 is 6.26. The number of hydrogen-bond acceptors (Lipinski definition) is 1. The Morgan fingerprint density at radius 3 is 2.53 bits per heavy atom. The molecule has 106 valence electrons. The number of benzene rings is 1. The normalized spacial score (nSPS) is 28.4. The number of halogens is 1. The van der Waals surface area contributed by atoms with Crippen LogP contribution in [-0.2, 0) is 5.41 Å². The van der Waals surface area contributed by atoms with Crippen LogP contribution in [-0.4, -0.2) is 11.2 Å². The Bertz CT molecular complexity index is 453. The second kappa shape index (κ2) is 5.46. The molecular formula is C17H25ClO. The Morgan fingerprint density at radius 1 is 1.26 bits per heavy atom. The molecule has 3 unspecified atom stereocenters. The highest BCUT2D eigenvalue weighted by Crippen LogP contribution is 2.43. The van der Waals surface area contributed by atoms with Crippen LogP contribution < -0.4 is 0 Å². The zero-order chi connectivity index (χ0) is 14.2. The predicted molar refractivity (Wildman–Crippen MR) is 81.7 cm³/mol. The fraction of sp³-hybridized carbons (Fsp3) is 0.647. The number of aliphatic hydroxyl groups excluding tert-OH is 1. The highest BCUT2D eigenvalue weighted by molar-refractivity contribution is 6.31. The van der Waals surface area contributed by atoms with E-state index in [4.69, 9.17) is 11.6 Å². The van der Waals surface area contributed by atoms with Crippen LogP contribution in [0.4, 0.5) is 0 Å². The van der Waals surface area contributed by atoms with Crippen molar-refractivity contribution in [2.75, 3.05) is 0 Å². The molecule has 0 spiro atoms. The van der Waals surface area contributed by atoms with Crippen LogP contribution in [0.5, 0.6) is 0 Å². The van der Waals surface area contributed by atoms with Gasteiger partial charge in [0.15, 0.2) is 0 Å². The van der Waals surface area contributed by atoms with Gasteiger partial charge in [-0.3, -0.25) is 0 Å². The molecule has 0 aliphatic heterocycles. The molecule has 0 saturated heterocycles. The van der Waals surface area contributed by atoms with Crippen LogP contribution in [0, 0.1) is 18.8 Å². The molecule has 2 heteroatoms. The molecule has 1 aliphatic rings. The molecule has 0 bridgehead atoms. The molecule has 1 aromatic carbocycles. The van der Waals surface area contributed by atoms with Gasteiger partial charge in [0.05, 0.1) is 6.10 Å². The predicted octanol–water partition coefficient (Wildman–Crippen LogP) is 4.72. The molecule has 1 fully saturated rings. The van der Waals surface area contributed by atoms with E-state index >= 15 is 0 Å². The summed E-state index contributed by atoms with van der Waals surface area (Å²) in [6, 6.07) is 6.31. The molecule has 3 atom stereocenters. The largest absolute Gasteiger partial charge is 0.393 e. The molecule has 2 rings (SSSR count). The Morgan fingerprint density at radius 2 is 1.95 bits per heavy atom. The van der Waals surface area contributed by atoms with Crippen molar-refractivity contribution in [3.05, 3.63) is 34.3 Å². The minimum Gasteiger partial charge on any atom is -0.393 e. The Kier molecular flexibility index (Phi) is 4.27. The minimum absolute atomic E-state index is 0.0309. The number of hydrogen-bond donors (Lipinski definition) is 1. The topological polar surface area (TPSA) is 20.2 Å². The van der Waals surface area contributed by atoms with Gasteiger partial charge in [-0.2, -0.15) is 0 Å². The first kappa shape index (κ1) is 14.9. The van der Waals surface area contributed by atoms with E-state index in [0.717, 1.165) is 23.4 Å². The number of aliphatic hydroxyl groups is 1. The van der Waals surface area contributed by atoms with Gasteiger partial charge in [-0.1, -0.05) is 50.9 Å². The standard InChI is InChI=1S/C17H25ClO/c1-11-5-8-14(16(19)9-11)17(3,4)13-7-6-12(2)15(18)10-13/h6-7,10-11,14,16,19H,5,8-9H2,1-4H3. The van der Waals surface area contributed by atoms with Gasteiger partial charge in [-0.05, 0) is 54.2 Å². The van der Waals surface area contributed by atoms with Crippen molar-refractivity contribution in [2.24, 2.45) is 11.8 Å². The third-order valence-corrected chi connectivity index (χ3v) is 5.33. The first-order valence-electron chi connectivity index (χ1n) is 7.27. The molecule has 0 aromatic heterocycles. The van der Waals surface area contributed by atoms with Crippen molar-refractivity contribution >= 4 is 11.6 Å². The second-order valence-electron chi connectivity index (χ2n) is 6.78. The summed E-state index contributed by atoms with van der Waals surface area (Å²) in [6.45, 7) is 8.72. The van der Waals surface area contributed by atoms with Gasteiger partial charge in [0.25, 0.3) is 0 Å². The van der Waals surface area contributed by atoms with Crippen LogP contribution in [0.25, 0.3) is 0 Å². The van der Waals surface area contributed by atoms with Crippen molar-refractivity contribution < 1.29 is 5.11 Å². The third kappa shape index (κ3) is 2.98. The maximum Gasteiger partial charge on any atom is 0.0579 e. The van der Waals surface area contributed by atoms with E-state index in [2.05, 4.69) is 39.0 Å². The van der Waals surface area contributed by atoms with Crippen molar-refractivity contribution in [2.45, 2.75) is 58.5 Å². The molecule has 1 saturated carbocycles. The van der Waals surface area contributed by atoms with Crippen LogP contribution >= 0.6 is 11.6 Å². The lowest BCUT2D eigenvalue weighted by Gasteiger charge is -2.42. The van der Waals surface area contributed by atoms with Gasteiger partial charge < -0.3 is 5.11 Å². The van der Waals surface area contributed by atoms with Crippen molar-refractivity contribution in [3.8, 4) is 0 Å². The molecular weight excluding hydrogens is 256 g/mol. The van der Waals surface area contributed by atoms with E-state index in [-0.39, 0.29) is 11.5 Å². The van der Waals surface area contributed by atoms with Crippen molar-refractivity contribution in [1.29, 1.82) is 0 Å². The molecule has 0 radical (unpaired) electrons. The highest BCUT2D eigenvalue weighted by Gasteiger charge is 2.39. The van der Waals surface area contributed by atoms with Gasteiger partial charge in [0.2, 0.25) is 0 Å². The second-order valence-corrected chi connectivity index (χ2v) is 7.18. The summed E-state index contributed by atoms with van der Waals surface area (Å²) in [5.41, 5.74) is 2.32. The molecule has 1 aliphatic carbocycles. The zero-order valence-electron chi connectivity index (χ0n) is 12.4. The monoisotopic (exact) mass is 280 g/mol. The summed E-state index contributed by atoms with van der Waals surface area (Å²) in [7, 11) is 0. The lowest BCUT2D eigenvalue weighted by Crippen LogP contribution is -2.41. The van der Waals surface area contributed by atoms with E-state index in [1.165, 1.54) is 12.0 Å². The van der Waals surface area contributed by atoms with Crippen LogP contribution in [0.2, 0.25) is 5.02 Å². The fourth-order valence-electron chi connectivity index (χ4n) is 3.40. The maximum absolute atomic E-state index is 10.4. The summed E-state index contributed by atoms with van der Waals surface area (Å²) in [6.07, 6.45) is 3.04. The Labute approximate surface area is 122 Å². The molecule has 19 heavy (non-hydrogen) atoms. The minimum atomic E-state index is -0.196. The summed E-state index contributed by atoms with van der Waals surface area (Å²) in [4.78, 5) is 0. The van der Waals surface area contributed by atoms with Crippen molar-refractivity contribution in [3.63, 3.8) is 0 Å². The van der Waals surface area contributed by atoms with Crippen LogP contribution in [0.15, 0.2) is 18.2 Å². The first-order chi connectivity index (χ1) is 8.82. The molecule has 1 nitrogen and oxygen atoms in total. The van der Waals surface area contributed by atoms with Crippen LogP contribution in [0.3, 0.4) is 0 Å². The molecule has 0 heterocycles. The van der Waals surface area contributed by atoms with Gasteiger partial charge >= 0.3 is 0 Å². The number of rotatable bonds is 2. The zero-order valence-corrected chi connectivity index (χ0v) is 13.2. The lowest BCUT2D eigenvalue weighted by atomic mass is 9.64. The van der Waals surface area contributed by atoms with E-state index in [1.54, 1.807) is 0 Å². The average molecular weight is 281 g/mol. The van der Waals surface area contributed by atoms with Crippen LogP contribution in [0.1, 0.15) is 51.2 Å². The first-order valence-corrected chi connectivity index (χ1v) is 7.65. The third-order valence-electron chi connectivity index (χ3n) is 4.92. The van der Waals surface area contributed by atoms with Gasteiger partial charge in [0, 0.05) is 5.02 Å². The van der Waals surface area contributed by atoms with E-state index < -0.39 is 0 Å². The Balaban J connectivity index is 2.28. The summed E-state index contributed by atoms with van der Waals surface area (Å²) < 4.78 is 0. The smallest absolute Gasteiger partial charge is 0.0579 e. The fourth-order valence-corrected chi connectivity index (χ4v) is 3.58. The van der Waals surface area contributed by atoms with E-state index in [1.807, 2.05) is 6.92 Å². The Hall–Kier alpha value is -0.530. The maximum atomic E-state index is 10.4. The summed E-state index contributed by atoms with van der Waals surface area (Å²) in [5.74, 6) is 0.964. The molecule has 1 N–H and O–H groups in total. The number of aryl methyl sites for hydroxylation is 1. The average Bonchev–Trinajstić information content (AvgIpc) is 2.32. The van der Waals surface area contributed by atoms with E-state index in [0.29, 0.717) is 11.8 Å². The van der Waals surface area contributed by atoms with E-state index in [9.17, 15) is 5.11 Å². The highest BCUT2D eigenvalue weighted by atomic mass is 35.5. The summed E-state index contributed by atoms with van der Waals surface area (Å²) in [5, 5.41) is 11.3. The molecule has 1 aromatic rings.